The van der Waals surface area contributed by atoms with E-state index < -0.39 is 0 Å². The molecule has 0 radical (unpaired) electrons. The van der Waals surface area contributed by atoms with Crippen LogP contribution in [0.4, 0.5) is 4.79 Å². The Hall–Kier alpha value is -1.14. The van der Waals surface area contributed by atoms with Crippen LogP contribution in [0.2, 0.25) is 0 Å². The van der Waals surface area contributed by atoms with Crippen molar-refractivity contribution < 1.29 is 14.6 Å². The number of carbonyl (C=O) groups excluding carboxylic acids is 1. The number of urea groups is 1. The topological polar surface area (TPSA) is 88.2 Å². The van der Waals surface area contributed by atoms with E-state index in [1.807, 2.05) is 0 Å². The lowest BCUT2D eigenvalue weighted by Gasteiger charge is -2.25. The van der Waals surface area contributed by atoms with Gasteiger partial charge in [-0.15, -0.1) is 0 Å². The van der Waals surface area contributed by atoms with Gasteiger partial charge in [-0.1, -0.05) is 0 Å². The van der Waals surface area contributed by atoms with Gasteiger partial charge in [0.25, 0.3) is 0 Å². The number of aliphatic imine (C=N–C) groups is 1. The number of methoxy groups -OCH3 is 1. The van der Waals surface area contributed by atoms with Crippen LogP contribution >= 0.6 is 0 Å². The van der Waals surface area contributed by atoms with Crippen molar-refractivity contribution in [3.05, 3.63) is 0 Å². The van der Waals surface area contributed by atoms with Crippen LogP contribution in [0.1, 0.15) is 12.8 Å². The summed E-state index contributed by atoms with van der Waals surface area (Å²) in [5.41, 5.74) is 5.43. The summed E-state index contributed by atoms with van der Waals surface area (Å²) in [5.74, 6) is 0.390. The zero-order valence-corrected chi connectivity index (χ0v) is 8.85. The summed E-state index contributed by atoms with van der Waals surface area (Å²) >= 11 is 0. The van der Waals surface area contributed by atoms with E-state index in [1.54, 1.807) is 4.90 Å². The fraction of sp³-hybridized carbons (Fsp3) is 0.778. The lowest BCUT2D eigenvalue weighted by Crippen LogP contribution is -2.39. The van der Waals surface area contributed by atoms with Gasteiger partial charge in [-0.2, -0.15) is 4.99 Å². The van der Waals surface area contributed by atoms with Crippen LogP contribution < -0.4 is 5.73 Å². The summed E-state index contributed by atoms with van der Waals surface area (Å²) in [6.07, 6.45) is 0.998. The summed E-state index contributed by atoms with van der Waals surface area (Å²) in [7, 11) is 1.54. The molecule has 0 spiro atoms. The van der Waals surface area contributed by atoms with Gasteiger partial charge in [-0.3, -0.25) is 0 Å². The Kier molecular flexibility index (Phi) is 4.51. The molecule has 0 unspecified atom stereocenters. The summed E-state index contributed by atoms with van der Waals surface area (Å²) in [4.78, 5) is 16.6. The molecular formula is C9H17N3O3. The summed E-state index contributed by atoms with van der Waals surface area (Å²) in [5, 5.41) is 8.89. The van der Waals surface area contributed by atoms with Crippen LogP contribution in [0.3, 0.4) is 0 Å². The lowest BCUT2D eigenvalue weighted by atomic mass is 10.2. The lowest BCUT2D eigenvalue weighted by molar-refractivity contribution is 0.0382. The summed E-state index contributed by atoms with van der Waals surface area (Å²) < 4.78 is 5.00. The number of aliphatic hydroxyl groups is 1. The van der Waals surface area contributed by atoms with Gasteiger partial charge < -0.3 is 20.5 Å². The van der Waals surface area contributed by atoms with Crippen LogP contribution in [0.15, 0.2) is 4.99 Å². The van der Waals surface area contributed by atoms with Gasteiger partial charge in [0.15, 0.2) is 0 Å². The Morgan fingerprint density at radius 2 is 2.47 bits per heavy atom. The second-order valence-corrected chi connectivity index (χ2v) is 3.45. The first-order valence-electron chi connectivity index (χ1n) is 4.93. The molecule has 86 valence electrons. The predicted octanol–water partition coefficient (Wildman–Crippen LogP) is -0.433. The smallest absolute Gasteiger partial charge is 0.345 e. The van der Waals surface area contributed by atoms with Gasteiger partial charge in [0.05, 0.1) is 12.7 Å². The van der Waals surface area contributed by atoms with Crippen LogP contribution in [0.25, 0.3) is 0 Å². The maximum atomic E-state index is 11.3. The molecule has 1 heterocycles. The van der Waals surface area contributed by atoms with E-state index in [0.717, 1.165) is 0 Å². The molecule has 0 saturated heterocycles. The van der Waals surface area contributed by atoms with Crippen LogP contribution in [-0.4, -0.2) is 54.8 Å². The number of amides is 2. The molecule has 3 N–H and O–H groups in total. The maximum absolute atomic E-state index is 11.3. The second kappa shape index (κ2) is 5.67. The van der Waals surface area contributed by atoms with Crippen molar-refractivity contribution in [1.82, 2.24) is 4.90 Å². The summed E-state index contributed by atoms with van der Waals surface area (Å²) in [6, 6.07) is -0.299. The Bertz CT molecular complexity index is 251. The molecule has 6 nitrogen and oxygen atoms in total. The van der Waals surface area contributed by atoms with E-state index in [-0.39, 0.29) is 18.7 Å². The van der Waals surface area contributed by atoms with Gasteiger partial charge in [-0.05, 0) is 6.42 Å². The number of carbonyl (C=O) groups is 1. The number of rotatable bonds is 5. The molecule has 0 aromatic heterocycles. The Morgan fingerprint density at radius 1 is 1.73 bits per heavy atom. The molecule has 1 aliphatic heterocycles. The van der Waals surface area contributed by atoms with Crippen molar-refractivity contribution in [3.63, 3.8) is 0 Å². The maximum Gasteiger partial charge on any atom is 0.345 e. The minimum atomic E-state index is -0.299. The van der Waals surface area contributed by atoms with Crippen molar-refractivity contribution in [2.45, 2.75) is 18.9 Å². The molecule has 6 heteroatoms. The first-order chi connectivity index (χ1) is 7.17. The van der Waals surface area contributed by atoms with E-state index in [4.69, 9.17) is 15.6 Å². The second-order valence-electron chi connectivity index (χ2n) is 3.45. The molecule has 15 heavy (non-hydrogen) atoms. The molecular weight excluding hydrogens is 198 g/mol. The van der Waals surface area contributed by atoms with Crippen molar-refractivity contribution >= 4 is 11.9 Å². The van der Waals surface area contributed by atoms with Crippen LogP contribution in [0, 0.1) is 0 Å². The molecule has 1 rings (SSSR count). The number of amidine groups is 1. The Labute approximate surface area is 88.7 Å². The average molecular weight is 215 g/mol. The zero-order valence-electron chi connectivity index (χ0n) is 8.85. The number of ether oxygens (including phenoxy) is 1. The fourth-order valence-corrected chi connectivity index (χ4v) is 1.39. The van der Waals surface area contributed by atoms with Gasteiger partial charge >= 0.3 is 6.03 Å². The largest absolute Gasteiger partial charge is 0.394 e. The Balaban J connectivity index is 2.37. The highest BCUT2D eigenvalue weighted by atomic mass is 16.5. The van der Waals surface area contributed by atoms with Crippen molar-refractivity contribution in [2.75, 3.05) is 26.8 Å². The minimum Gasteiger partial charge on any atom is -0.394 e. The number of hydrogen-bond donors (Lipinski definition) is 2. The highest BCUT2D eigenvalue weighted by Crippen LogP contribution is 2.06. The third-order valence-corrected chi connectivity index (χ3v) is 2.41. The molecule has 1 aliphatic rings. The van der Waals surface area contributed by atoms with Gasteiger partial charge in [0, 0.05) is 26.6 Å². The normalized spacial score (nSPS) is 18.9. The van der Waals surface area contributed by atoms with Crippen molar-refractivity contribution in [3.8, 4) is 0 Å². The van der Waals surface area contributed by atoms with Crippen molar-refractivity contribution in [1.29, 1.82) is 0 Å². The molecule has 0 bridgehead atoms. The van der Waals surface area contributed by atoms with E-state index in [9.17, 15) is 4.79 Å². The molecule has 0 aromatic carbocycles. The monoisotopic (exact) mass is 215 g/mol. The van der Waals surface area contributed by atoms with Gasteiger partial charge in [0.1, 0.15) is 5.84 Å². The van der Waals surface area contributed by atoms with Gasteiger partial charge in [0.2, 0.25) is 0 Å². The molecule has 0 fully saturated rings. The van der Waals surface area contributed by atoms with E-state index >= 15 is 0 Å². The third kappa shape index (κ3) is 3.49. The average Bonchev–Trinajstić information content (AvgIpc) is 2.22. The molecule has 0 aromatic rings. The number of nitrogens with two attached hydrogens (primary N) is 1. The van der Waals surface area contributed by atoms with Gasteiger partial charge in [-0.25, -0.2) is 4.79 Å². The minimum absolute atomic E-state index is 0.0378. The standard InChI is InChI=1S/C9H17N3O3/c1-15-7(6-13)2-4-12-5-3-8(10)11-9(12)14/h7,13H,2-6H2,1H3,(H2,10,11,14)/t7-/m0/s1. The molecule has 0 saturated carbocycles. The van der Waals surface area contributed by atoms with E-state index in [1.165, 1.54) is 7.11 Å². The molecule has 0 aliphatic carbocycles. The van der Waals surface area contributed by atoms with E-state index in [2.05, 4.69) is 4.99 Å². The fourth-order valence-electron chi connectivity index (χ4n) is 1.39. The third-order valence-electron chi connectivity index (χ3n) is 2.41. The first kappa shape index (κ1) is 11.9. The first-order valence-corrected chi connectivity index (χ1v) is 4.93. The quantitative estimate of drug-likeness (QED) is 0.651. The van der Waals surface area contributed by atoms with E-state index in [0.29, 0.717) is 31.8 Å². The summed E-state index contributed by atoms with van der Waals surface area (Å²) in [6.45, 7) is 1.09. The molecule has 2 amide bonds. The highest BCUT2D eigenvalue weighted by molar-refractivity contribution is 5.95. The zero-order chi connectivity index (χ0) is 11.3. The predicted molar refractivity (Wildman–Crippen MR) is 55.7 cm³/mol. The van der Waals surface area contributed by atoms with Crippen LogP contribution in [-0.2, 0) is 4.74 Å². The number of hydrogen-bond acceptors (Lipinski definition) is 4. The van der Waals surface area contributed by atoms with Crippen molar-refractivity contribution in [2.24, 2.45) is 10.7 Å². The van der Waals surface area contributed by atoms with Crippen LogP contribution in [0.5, 0.6) is 0 Å². The highest BCUT2D eigenvalue weighted by Gasteiger charge is 2.19. The number of aliphatic hydroxyl groups excluding tert-OH is 1. The number of nitrogens with zero attached hydrogens (tertiary/aromatic N) is 2. The molecule has 1 atom stereocenters. The SMILES string of the molecule is CO[C@H](CO)CCN1CCC(N)=NC1=O. The Morgan fingerprint density at radius 3 is 3.00 bits per heavy atom.